The zero-order valence-corrected chi connectivity index (χ0v) is 18.5. The van der Waals surface area contributed by atoms with E-state index in [-0.39, 0.29) is 29.9 Å². The molecule has 0 spiro atoms. The highest BCUT2D eigenvalue weighted by atomic mass is 127. The van der Waals surface area contributed by atoms with Gasteiger partial charge >= 0.3 is 0 Å². The predicted molar refractivity (Wildman–Crippen MR) is 118 cm³/mol. The van der Waals surface area contributed by atoms with Crippen molar-refractivity contribution in [3.63, 3.8) is 0 Å². The zero-order valence-electron chi connectivity index (χ0n) is 16.1. The highest BCUT2D eigenvalue weighted by Gasteiger charge is 2.23. The number of hydrogen-bond donors (Lipinski definition) is 2. The summed E-state index contributed by atoms with van der Waals surface area (Å²) in [5.41, 5.74) is 5.33. The number of halogens is 1. The maximum absolute atomic E-state index is 11.1. The Labute approximate surface area is 178 Å². The number of benzene rings is 1. The normalized spacial score (nSPS) is 17.0. The topological polar surface area (TPSA) is 89.2 Å². The molecule has 1 fully saturated rings. The highest BCUT2D eigenvalue weighted by Crippen LogP contribution is 2.19. The van der Waals surface area contributed by atoms with Gasteiger partial charge in [0, 0.05) is 33.1 Å². The van der Waals surface area contributed by atoms with E-state index < -0.39 is 0 Å². The first-order valence-electron chi connectivity index (χ1n) is 9.13. The van der Waals surface area contributed by atoms with Crippen molar-refractivity contribution in [2.45, 2.75) is 25.7 Å². The lowest BCUT2D eigenvalue weighted by Gasteiger charge is -2.34. The van der Waals surface area contributed by atoms with Crippen molar-refractivity contribution in [1.82, 2.24) is 10.2 Å². The van der Waals surface area contributed by atoms with Crippen LogP contribution in [-0.2, 0) is 4.79 Å². The summed E-state index contributed by atoms with van der Waals surface area (Å²) in [5, 5.41) is 3.38. The van der Waals surface area contributed by atoms with Crippen LogP contribution in [0.2, 0.25) is 0 Å². The molecule has 0 aromatic heterocycles. The molecule has 1 unspecified atom stereocenters. The molecule has 152 valence electrons. The van der Waals surface area contributed by atoms with E-state index in [4.69, 9.17) is 15.2 Å². The van der Waals surface area contributed by atoms with Crippen LogP contribution in [0.5, 0.6) is 11.5 Å². The van der Waals surface area contributed by atoms with E-state index in [0.717, 1.165) is 56.4 Å². The maximum atomic E-state index is 11.1. The third-order valence-electron chi connectivity index (χ3n) is 4.45. The van der Waals surface area contributed by atoms with E-state index >= 15 is 0 Å². The summed E-state index contributed by atoms with van der Waals surface area (Å²) in [6, 6.07) is 7.57. The van der Waals surface area contributed by atoms with Gasteiger partial charge in [-0.3, -0.25) is 9.79 Å². The lowest BCUT2D eigenvalue weighted by atomic mass is 9.95. The second-order valence-corrected chi connectivity index (χ2v) is 6.48. The van der Waals surface area contributed by atoms with Gasteiger partial charge in [-0.15, -0.1) is 24.0 Å². The van der Waals surface area contributed by atoms with Gasteiger partial charge in [0.1, 0.15) is 11.5 Å². The van der Waals surface area contributed by atoms with Crippen molar-refractivity contribution in [2.75, 3.05) is 40.4 Å². The van der Waals surface area contributed by atoms with Gasteiger partial charge in [0.15, 0.2) is 5.96 Å². The number of nitrogens with two attached hydrogens (primary N) is 1. The standard InChI is InChI=1S/C19H30N4O3.HI/c1-21-19(23-11-3-5-15(14-23)13-18(20)24)22-10-4-12-26-17-8-6-16(25-2)7-9-17;/h6-9,15H,3-5,10-14H2,1-2H3,(H2,20,24)(H,21,22);1H. The Morgan fingerprint density at radius 1 is 1.33 bits per heavy atom. The Morgan fingerprint density at radius 3 is 2.67 bits per heavy atom. The lowest BCUT2D eigenvalue weighted by Crippen LogP contribution is -2.47. The van der Waals surface area contributed by atoms with E-state index in [9.17, 15) is 4.79 Å². The molecule has 1 aromatic carbocycles. The fourth-order valence-corrected chi connectivity index (χ4v) is 3.18. The summed E-state index contributed by atoms with van der Waals surface area (Å²) in [6.45, 7) is 3.18. The van der Waals surface area contributed by atoms with E-state index in [0.29, 0.717) is 18.9 Å². The van der Waals surface area contributed by atoms with Gasteiger partial charge in [0.2, 0.25) is 5.91 Å². The number of carbonyl (C=O) groups excluding carboxylic acids is 1. The zero-order chi connectivity index (χ0) is 18.8. The minimum atomic E-state index is -0.226. The van der Waals surface area contributed by atoms with E-state index in [1.165, 1.54) is 0 Å². The van der Waals surface area contributed by atoms with Gasteiger partial charge in [-0.1, -0.05) is 0 Å². The van der Waals surface area contributed by atoms with Gasteiger partial charge in [-0.05, 0) is 49.4 Å². The number of guanidine groups is 1. The molecule has 1 aromatic rings. The van der Waals surface area contributed by atoms with Crippen molar-refractivity contribution in [3.8, 4) is 11.5 Å². The quantitative estimate of drug-likeness (QED) is 0.253. The minimum absolute atomic E-state index is 0. The number of rotatable bonds is 8. The summed E-state index contributed by atoms with van der Waals surface area (Å²) in [7, 11) is 3.43. The van der Waals surface area contributed by atoms with Crippen molar-refractivity contribution in [2.24, 2.45) is 16.6 Å². The number of nitrogens with one attached hydrogen (secondary N) is 1. The Bertz CT molecular complexity index is 595. The molecule has 27 heavy (non-hydrogen) atoms. The van der Waals surface area contributed by atoms with Gasteiger partial charge in [-0.25, -0.2) is 0 Å². The van der Waals surface area contributed by atoms with Crippen LogP contribution in [0.25, 0.3) is 0 Å². The van der Waals surface area contributed by atoms with Crippen LogP contribution < -0.4 is 20.5 Å². The van der Waals surface area contributed by atoms with Gasteiger partial charge in [0.25, 0.3) is 0 Å². The van der Waals surface area contributed by atoms with Crippen molar-refractivity contribution < 1.29 is 14.3 Å². The third kappa shape index (κ3) is 8.23. The SMILES string of the molecule is CN=C(NCCCOc1ccc(OC)cc1)N1CCCC(CC(N)=O)C1.I. The number of hydrogen-bond acceptors (Lipinski definition) is 4. The fourth-order valence-electron chi connectivity index (χ4n) is 3.18. The third-order valence-corrected chi connectivity index (χ3v) is 4.45. The molecular weight excluding hydrogens is 459 g/mol. The van der Waals surface area contributed by atoms with Gasteiger partial charge in [-0.2, -0.15) is 0 Å². The van der Waals surface area contributed by atoms with E-state index in [1.807, 2.05) is 24.3 Å². The molecule has 0 bridgehead atoms. The molecule has 1 atom stereocenters. The number of likely N-dealkylation sites (tertiary alicyclic amines) is 1. The highest BCUT2D eigenvalue weighted by molar-refractivity contribution is 14.0. The van der Waals surface area contributed by atoms with Crippen LogP contribution >= 0.6 is 24.0 Å². The van der Waals surface area contributed by atoms with E-state index in [2.05, 4.69) is 15.2 Å². The van der Waals surface area contributed by atoms with Crippen molar-refractivity contribution >= 4 is 35.8 Å². The summed E-state index contributed by atoms with van der Waals surface area (Å²) in [4.78, 5) is 17.7. The van der Waals surface area contributed by atoms with Gasteiger partial charge in [0.05, 0.1) is 13.7 Å². The number of carbonyl (C=O) groups is 1. The largest absolute Gasteiger partial charge is 0.497 e. The number of methoxy groups -OCH3 is 1. The average Bonchev–Trinajstić information content (AvgIpc) is 2.65. The second-order valence-electron chi connectivity index (χ2n) is 6.48. The number of piperidine rings is 1. The molecule has 1 saturated heterocycles. The van der Waals surface area contributed by atoms with Crippen LogP contribution in [0.4, 0.5) is 0 Å². The Balaban J connectivity index is 0.00000364. The molecule has 0 radical (unpaired) electrons. The maximum Gasteiger partial charge on any atom is 0.217 e. The molecule has 2 rings (SSSR count). The molecule has 0 saturated carbocycles. The van der Waals surface area contributed by atoms with Crippen molar-refractivity contribution in [3.05, 3.63) is 24.3 Å². The van der Waals surface area contributed by atoms with Crippen LogP contribution in [0, 0.1) is 5.92 Å². The first-order chi connectivity index (χ1) is 12.6. The molecule has 1 heterocycles. The number of nitrogens with zero attached hydrogens (tertiary/aromatic N) is 2. The fraction of sp³-hybridized carbons (Fsp3) is 0.579. The Hall–Kier alpha value is -1.71. The van der Waals surface area contributed by atoms with Crippen LogP contribution in [-0.4, -0.2) is 57.2 Å². The molecule has 1 aliphatic heterocycles. The Morgan fingerprint density at radius 2 is 2.04 bits per heavy atom. The monoisotopic (exact) mass is 490 g/mol. The molecular formula is C19H31IN4O3. The second kappa shape index (κ2) is 12.6. The van der Waals surface area contributed by atoms with Crippen molar-refractivity contribution in [1.29, 1.82) is 0 Å². The molecule has 1 amide bonds. The number of ether oxygens (including phenoxy) is 2. The van der Waals surface area contributed by atoms with E-state index in [1.54, 1.807) is 14.2 Å². The summed E-state index contributed by atoms with van der Waals surface area (Å²) >= 11 is 0. The molecule has 7 nitrogen and oxygen atoms in total. The summed E-state index contributed by atoms with van der Waals surface area (Å²) in [6.07, 6.45) is 3.41. The van der Waals surface area contributed by atoms with Crippen LogP contribution in [0.3, 0.4) is 0 Å². The van der Waals surface area contributed by atoms with Crippen LogP contribution in [0.15, 0.2) is 29.3 Å². The summed E-state index contributed by atoms with van der Waals surface area (Å²) < 4.78 is 10.9. The minimum Gasteiger partial charge on any atom is -0.497 e. The predicted octanol–water partition coefficient (Wildman–Crippen LogP) is 2.24. The average molecular weight is 490 g/mol. The van der Waals surface area contributed by atoms with Gasteiger partial charge < -0.3 is 25.4 Å². The smallest absolute Gasteiger partial charge is 0.217 e. The number of amides is 1. The number of aliphatic imine (C=N–C) groups is 1. The molecule has 3 N–H and O–H groups in total. The van der Waals surface area contributed by atoms with Crippen LogP contribution in [0.1, 0.15) is 25.7 Å². The molecule has 8 heteroatoms. The molecule has 1 aliphatic rings. The Kier molecular flexibility index (Phi) is 10.9. The lowest BCUT2D eigenvalue weighted by molar-refractivity contribution is -0.119. The summed E-state index contributed by atoms with van der Waals surface area (Å²) in [5.74, 6) is 2.62. The first-order valence-corrected chi connectivity index (χ1v) is 9.13. The number of primary amides is 1. The first kappa shape index (κ1) is 23.3. The molecule has 0 aliphatic carbocycles.